The molecule has 0 aliphatic carbocycles. The molecule has 0 amide bonds. The summed E-state index contributed by atoms with van der Waals surface area (Å²) in [4.78, 5) is 15.6. The van der Waals surface area contributed by atoms with E-state index in [-0.39, 0.29) is 11.2 Å². The highest BCUT2D eigenvalue weighted by molar-refractivity contribution is 7.99. The molecule has 0 bridgehead atoms. The maximum absolute atomic E-state index is 5.76. The van der Waals surface area contributed by atoms with Crippen LogP contribution in [-0.2, 0) is 0 Å². The summed E-state index contributed by atoms with van der Waals surface area (Å²) in [5.74, 6) is 2.28. The van der Waals surface area contributed by atoms with Gasteiger partial charge in [0.05, 0.1) is 17.3 Å². The van der Waals surface area contributed by atoms with E-state index in [0.717, 1.165) is 10.6 Å². The zero-order valence-corrected chi connectivity index (χ0v) is 13.4. The Labute approximate surface area is 128 Å². The molecule has 0 saturated carbocycles. The monoisotopic (exact) mass is 305 g/mol. The van der Waals surface area contributed by atoms with Gasteiger partial charge in [-0.1, -0.05) is 12.1 Å². The molecule has 0 radical (unpaired) electrons. The van der Waals surface area contributed by atoms with Crippen LogP contribution < -0.4 is 15.4 Å². The topological polar surface area (TPSA) is 77.2 Å². The normalized spacial score (nSPS) is 12.0. The highest BCUT2D eigenvalue weighted by atomic mass is 32.2. The molecule has 2 rings (SSSR count). The van der Waals surface area contributed by atoms with E-state index in [1.807, 2.05) is 50.2 Å². The highest BCUT2D eigenvalue weighted by Gasteiger charge is 2.16. The molecular formula is C14H19N5OS. The predicted molar refractivity (Wildman–Crippen MR) is 85.8 cm³/mol. The zero-order valence-electron chi connectivity index (χ0n) is 12.6. The molecule has 6 nitrogen and oxygen atoms in total. The third-order valence-electron chi connectivity index (χ3n) is 2.79. The van der Waals surface area contributed by atoms with Crippen LogP contribution in [0.2, 0.25) is 0 Å². The van der Waals surface area contributed by atoms with Crippen LogP contribution in [0.4, 0.5) is 11.9 Å². The number of hydrogen-bond acceptors (Lipinski definition) is 7. The first-order valence-electron chi connectivity index (χ1n) is 6.49. The summed E-state index contributed by atoms with van der Waals surface area (Å²) in [6, 6.07) is 7.86. The third-order valence-corrected chi connectivity index (χ3v) is 3.95. The standard InChI is InChI=1S/C14H19N5OS/c1-9(21-11-8-6-5-7-10(11)20-4)12-16-13(15)18-14(17-12)19(2)3/h5-9H,1-4H3,(H2,15,16,17,18)/t9-/m1/s1. The molecule has 21 heavy (non-hydrogen) atoms. The fourth-order valence-electron chi connectivity index (χ4n) is 1.74. The first kappa shape index (κ1) is 15.4. The minimum atomic E-state index is 0.0327. The second kappa shape index (κ2) is 6.62. The third kappa shape index (κ3) is 3.75. The Morgan fingerprint density at radius 3 is 2.57 bits per heavy atom. The first-order valence-corrected chi connectivity index (χ1v) is 7.37. The molecule has 0 aliphatic rings. The molecule has 2 N–H and O–H groups in total. The number of hydrogen-bond donors (Lipinski definition) is 1. The molecule has 0 aliphatic heterocycles. The van der Waals surface area contributed by atoms with Gasteiger partial charge >= 0.3 is 0 Å². The molecule has 1 aromatic heterocycles. The highest BCUT2D eigenvalue weighted by Crippen LogP contribution is 2.38. The number of nitrogens with two attached hydrogens (primary N) is 1. The van der Waals surface area contributed by atoms with Gasteiger partial charge in [0.15, 0.2) is 0 Å². The summed E-state index contributed by atoms with van der Waals surface area (Å²) in [5.41, 5.74) is 5.76. The van der Waals surface area contributed by atoms with Gasteiger partial charge in [0.2, 0.25) is 11.9 Å². The van der Waals surface area contributed by atoms with E-state index < -0.39 is 0 Å². The Morgan fingerprint density at radius 2 is 1.90 bits per heavy atom. The lowest BCUT2D eigenvalue weighted by Crippen LogP contribution is -2.16. The molecule has 1 atom stereocenters. The molecular weight excluding hydrogens is 286 g/mol. The van der Waals surface area contributed by atoms with E-state index in [0.29, 0.717) is 11.8 Å². The van der Waals surface area contributed by atoms with Gasteiger partial charge in [-0.2, -0.15) is 15.0 Å². The van der Waals surface area contributed by atoms with Gasteiger partial charge in [0, 0.05) is 14.1 Å². The van der Waals surface area contributed by atoms with Gasteiger partial charge in [-0.05, 0) is 19.1 Å². The minimum absolute atomic E-state index is 0.0327. The van der Waals surface area contributed by atoms with Crippen LogP contribution in [0.25, 0.3) is 0 Å². The van der Waals surface area contributed by atoms with Crippen LogP contribution >= 0.6 is 11.8 Å². The lowest BCUT2D eigenvalue weighted by Gasteiger charge is -2.15. The molecule has 2 aromatic rings. The summed E-state index contributed by atoms with van der Waals surface area (Å²) in [6.07, 6.45) is 0. The van der Waals surface area contributed by atoms with Crippen LogP contribution in [0.5, 0.6) is 5.75 Å². The van der Waals surface area contributed by atoms with Crippen molar-refractivity contribution in [1.29, 1.82) is 0 Å². The van der Waals surface area contributed by atoms with Crippen molar-refractivity contribution in [3.05, 3.63) is 30.1 Å². The number of methoxy groups -OCH3 is 1. The van der Waals surface area contributed by atoms with Gasteiger partial charge < -0.3 is 15.4 Å². The van der Waals surface area contributed by atoms with E-state index in [1.165, 1.54) is 0 Å². The van der Waals surface area contributed by atoms with E-state index in [9.17, 15) is 0 Å². The van der Waals surface area contributed by atoms with E-state index in [4.69, 9.17) is 10.5 Å². The molecule has 0 fully saturated rings. The van der Waals surface area contributed by atoms with Crippen LogP contribution in [0, 0.1) is 0 Å². The summed E-state index contributed by atoms with van der Waals surface area (Å²) in [7, 11) is 5.41. The van der Waals surface area contributed by atoms with E-state index in [2.05, 4.69) is 15.0 Å². The first-order chi connectivity index (χ1) is 10.0. The summed E-state index contributed by atoms with van der Waals surface area (Å²) >= 11 is 1.63. The number of aromatic nitrogens is 3. The smallest absolute Gasteiger partial charge is 0.229 e. The molecule has 0 spiro atoms. The lowest BCUT2D eigenvalue weighted by molar-refractivity contribution is 0.404. The van der Waals surface area contributed by atoms with Crippen LogP contribution in [0.15, 0.2) is 29.2 Å². The maximum atomic E-state index is 5.76. The van der Waals surface area contributed by atoms with Crippen molar-refractivity contribution in [3.8, 4) is 5.75 Å². The Hall–Kier alpha value is -2.02. The molecule has 1 heterocycles. The maximum Gasteiger partial charge on any atom is 0.229 e. The number of nitrogen functional groups attached to an aromatic ring is 1. The summed E-state index contributed by atoms with van der Waals surface area (Å²) in [6.45, 7) is 2.03. The van der Waals surface area contributed by atoms with Gasteiger partial charge in [0.1, 0.15) is 11.6 Å². The number of para-hydroxylation sites is 1. The average molecular weight is 305 g/mol. The number of anilines is 2. The fourth-order valence-corrected chi connectivity index (χ4v) is 2.75. The fraction of sp³-hybridized carbons (Fsp3) is 0.357. The van der Waals surface area contributed by atoms with Crippen molar-refractivity contribution in [2.75, 3.05) is 31.8 Å². The number of thioether (sulfide) groups is 1. The Balaban J connectivity index is 2.26. The van der Waals surface area contributed by atoms with Crippen molar-refractivity contribution >= 4 is 23.7 Å². The number of benzene rings is 1. The molecule has 112 valence electrons. The van der Waals surface area contributed by atoms with E-state index in [1.54, 1.807) is 18.9 Å². The van der Waals surface area contributed by atoms with Gasteiger partial charge in [-0.25, -0.2) is 0 Å². The van der Waals surface area contributed by atoms with Gasteiger partial charge in [-0.15, -0.1) is 11.8 Å². The molecule has 0 saturated heterocycles. The van der Waals surface area contributed by atoms with Crippen LogP contribution in [0.3, 0.4) is 0 Å². The van der Waals surface area contributed by atoms with E-state index >= 15 is 0 Å². The van der Waals surface area contributed by atoms with Crippen molar-refractivity contribution in [2.45, 2.75) is 17.1 Å². The molecule has 7 heteroatoms. The quantitative estimate of drug-likeness (QED) is 0.850. The Bertz CT molecular complexity index is 620. The second-order valence-electron chi connectivity index (χ2n) is 4.66. The van der Waals surface area contributed by atoms with Crippen molar-refractivity contribution in [1.82, 2.24) is 15.0 Å². The van der Waals surface area contributed by atoms with Crippen molar-refractivity contribution < 1.29 is 4.74 Å². The number of ether oxygens (including phenoxy) is 1. The molecule has 0 unspecified atom stereocenters. The Kier molecular flexibility index (Phi) is 4.85. The SMILES string of the molecule is COc1ccccc1S[C@H](C)c1nc(N)nc(N(C)C)n1. The van der Waals surface area contributed by atoms with Crippen molar-refractivity contribution in [3.63, 3.8) is 0 Å². The van der Waals surface area contributed by atoms with Gasteiger partial charge in [-0.3, -0.25) is 0 Å². The Morgan fingerprint density at radius 1 is 1.19 bits per heavy atom. The van der Waals surface area contributed by atoms with Crippen molar-refractivity contribution in [2.24, 2.45) is 0 Å². The largest absolute Gasteiger partial charge is 0.496 e. The average Bonchev–Trinajstić information content (AvgIpc) is 2.47. The van der Waals surface area contributed by atoms with Gasteiger partial charge in [0.25, 0.3) is 0 Å². The zero-order chi connectivity index (χ0) is 15.4. The summed E-state index contributed by atoms with van der Waals surface area (Å²) in [5, 5.41) is 0.0327. The lowest BCUT2D eigenvalue weighted by atomic mass is 10.3. The van der Waals surface area contributed by atoms with Crippen LogP contribution in [0.1, 0.15) is 18.0 Å². The number of nitrogens with zero attached hydrogens (tertiary/aromatic N) is 4. The minimum Gasteiger partial charge on any atom is -0.496 e. The predicted octanol–water partition coefficient (Wildman–Crippen LogP) is 2.38. The number of rotatable bonds is 5. The van der Waals surface area contributed by atoms with Crippen LogP contribution in [-0.4, -0.2) is 36.2 Å². The summed E-state index contributed by atoms with van der Waals surface area (Å²) < 4.78 is 5.36. The second-order valence-corrected chi connectivity index (χ2v) is 6.04. The molecule has 1 aromatic carbocycles.